The van der Waals surface area contributed by atoms with Crippen molar-refractivity contribution in [1.82, 2.24) is 0 Å². The van der Waals surface area contributed by atoms with Crippen LogP contribution in [0.25, 0.3) is 11.1 Å². The van der Waals surface area contributed by atoms with E-state index in [2.05, 4.69) is 67.7 Å². The van der Waals surface area contributed by atoms with Crippen molar-refractivity contribution in [3.63, 3.8) is 0 Å². The summed E-state index contributed by atoms with van der Waals surface area (Å²) in [6.45, 7) is 6.02. The number of benzene rings is 2. The summed E-state index contributed by atoms with van der Waals surface area (Å²) < 4.78 is 0. The highest BCUT2D eigenvalue weighted by Crippen LogP contribution is 2.23. The molecule has 0 aliphatic carbocycles. The Morgan fingerprint density at radius 1 is 0.950 bits per heavy atom. The monoisotopic (exact) mass is 268 g/mol. The van der Waals surface area contributed by atoms with Gasteiger partial charge in [-0.1, -0.05) is 56.3 Å². The lowest BCUT2D eigenvalue weighted by molar-refractivity contribution is 0.346. The zero-order valence-electron chi connectivity index (χ0n) is 12.4. The predicted molar refractivity (Wildman–Crippen MR) is 87.8 cm³/mol. The zero-order valence-corrected chi connectivity index (χ0v) is 12.4. The molecule has 2 aromatic carbocycles. The predicted octanol–water partition coefficient (Wildman–Crippen LogP) is 4.14. The zero-order chi connectivity index (χ0) is 14.4. The normalized spacial score (nSPS) is 13.8. The Kier molecular flexibility index (Phi) is 4.80. The lowest BCUT2D eigenvalue weighted by Crippen LogP contribution is -2.33. The van der Waals surface area contributed by atoms with Gasteiger partial charge in [0.15, 0.2) is 0 Å². The Morgan fingerprint density at radius 2 is 1.55 bits per heavy atom. The largest absolute Gasteiger partial charge is 0.384 e. The molecule has 106 valence electrons. The van der Waals surface area contributed by atoms with Crippen molar-refractivity contribution < 1.29 is 0 Å². The van der Waals surface area contributed by atoms with E-state index in [0.717, 1.165) is 18.7 Å². The molecule has 0 heterocycles. The van der Waals surface area contributed by atoms with Crippen molar-refractivity contribution >= 4 is 5.69 Å². The second-order valence-electron chi connectivity index (χ2n) is 5.67. The van der Waals surface area contributed by atoms with Crippen LogP contribution in [0, 0.1) is 5.41 Å². The van der Waals surface area contributed by atoms with Crippen molar-refractivity contribution in [2.45, 2.75) is 20.3 Å². The first-order valence-corrected chi connectivity index (χ1v) is 7.26. The average Bonchev–Trinajstić information content (AvgIpc) is 2.54. The van der Waals surface area contributed by atoms with Crippen LogP contribution in [0.4, 0.5) is 5.69 Å². The maximum atomic E-state index is 5.84. The minimum atomic E-state index is 0.165. The molecule has 2 heteroatoms. The Morgan fingerprint density at radius 3 is 2.10 bits per heavy atom. The summed E-state index contributed by atoms with van der Waals surface area (Å²) in [5.74, 6) is 0. The first-order valence-electron chi connectivity index (χ1n) is 7.26. The summed E-state index contributed by atoms with van der Waals surface area (Å²) in [4.78, 5) is 0. The van der Waals surface area contributed by atoms with Crippen LogP contribution < -0.4 is 11.1 Å². The molecule has 0 aromatic heterocycles. The number of hydrogen-bond acceptors (Lipinski definition) is 2. The second-order valence-corrected chi connectivity index (χ2v) is 5.67. The van der Waals surface area contributed by atoms with Crippen LogP contribution in [-0.2, 0) is 0 Å². The van der Waals surface area contributed by atoms with Crippen molar-refractivity contribution in [1.29, 1.82) is 0 Å². The van der Waals surface area contributed by atoms with Crippen LogP contribution >= 0.6 is 0 Å². The molecule has 0 bridgehead atoms. The molecule has 0 aliphatic rings. The van der Waals surface area contributed by atoms with E-state index in [4.69, 9.17) is 5.73 Å². The highest BCUT2D eigenvalue weighted by molar-refractivity contribution is 5.65. The molecule has 0 saturated heterocycles. The summed E-state index contributed by atoms with van der Waals surface area (Å²) in [5.41, 5.74) is 9.65. The van der Waals surface area contributed by atoms with Crippen molar-refractivity contribution in [3.05, 3.63) is 54.6 Å². The Bertz CT molecular complexity index is 513. The molecule has 2 nitrogen and oxygen atoms in total. The molecule has 20 heavy (non-hydrogen) atoms. The van der Waals surface area contributed by atoms with Gasteiger partial charge in [0.1, 0.15) is 0 Å². The smallest absolute Gasteiger partial charge is 0.0340 e. The molecule has 0 aliphatic heterocycles. The van der Waals surface area contributed by atoms with Gasteiger partial charge in [-0.15, -0.1) is 0 Å². The van der Waals surface area contributed by atoms with E-state index >= 15 is 0 Å². The number of hydrogen-bond donors (Lipinski definition) is 2. The van der Waals surface area contributed by atoms with Gasteiger partial charge in [-0.25, -0.2) is 0 Å². The molecule has 1 atom stereocenters. The fourth-order valence-corrected chi connectivity index (χ4v) is 2.07. The van der Waals surface area contributed by atoms with Gasteiger partial charge in [-0.3, -0.25) is 0 Å². The number of nitrogens with one attached hydrogen (secondary N) is 1. The van der Waals surface area contributed by atoms with E-state index in [1.807, 2.05) is 6.07 Å². The number of nitrogens with two attached hydrogens (primary N) is 1. The third-order valence-electron chi connectivity index (χ3n) is 4.06. The quantitative estimate of drug-likeness (QED) is 0.826. The summed E-state index contributed by atoms with van der Waals surface area (Å²) in [6, 6.07) is 19.0. The summed E-state index contributed by atoms with van der Waals surface area (Å²) in [5, 5.41) is 3.49. The minimum Gasteiger partial charge on any atom is -0.384 e. The van der Waals surface area contributed by atoms with Crippen molar-refractivity contribution in [2.75, 3.05) is 18.4 Å². The van der Waals surface area contributed by atoms with E-state index in [-0.39, 0.29) is 5.41 Å². The van der Waals surface area contributed by atoms with Crippen molar-refractivity contribution in [3.8, 4) is 11.1 Å². The summed E-state index contributed by atoms with van der Waals surface area (Å²) in [6.07, 6.45) is 1.08. The molecular formula is C18H24N2. The molecular weight excluding hydrogens is 244 g/mol. The Labute approximate surface area is 122 Å². The summed E-state index contributed by atoms with van der Waals surface area (Å²) in [7, 11) is 0. The third kappa shape index (κ3) is 3.61. The van der Waals surface area contributed by atoms with Gasteiger partial charge in [-0.2, -0.15) is 0 Å². The molecule has 2 aromatic rings. The maximum absolute atomic E-state index is 5.84. The first-order chi connectivity index (χ1) is 9.67. The van der Waals surface area contributed by atoms with Gasteiger partial charge in [0.25, 0.3) is 0 Å². The highest BCUT2D eigenvalue weighted by atomic mass is 14.9. The molecule has 0 saturated carbocycles. The second kappa shape index (κ2) is 6.58. The molecule has 1 unspecified atom stereocenters. The van der Waals surface area contributed by atoms with E-state index in [9.17, 15) is 0 Å². The Balaban J connectivity index is 2.02. The number of anilines is 1. The Hall–Kier alpha value is -1.80. The first kappa shape index (κ1) is 14.6. The topological polar surface area (TPSA) is 38.0 Å². The van der Waals surface area contributed by atoms with Crippen LogP contribution in [0.1, 0.15) is 20.3 Å². The van der Waals surface area contributed by atoms with Gasteiger partial charge < -0.3 is 11.1 Å². The molecule has 0 radical (unpaired) electrons. The molecule has 2 rings (SSSR count). The van der Waals surface area contributed by atoms with Crippen LogP contribution in [0.15, 0.2) is 54.6 Å². The number of rotatable bonds is 6. The van der Waals surface area contributed by atoms with Gasteiger partial charge in [0, 0.05) is 12.2 Å². The molecule has 0 amide bonds. The van der Waals surface area contributed by atoms with E-state index in [1.54, 1.807) is 0 Å². The minimum absolute atomic E-state index is 0.165. The van der Waals surface area contributed by atoms with E-state index in [0.29, 0.717) is 6.54 Å². The van der Waals surface area contributed by atoms with Crippen LogP contribution in [0.3, 0.4) is 0 Å². The van der Waals surface area contributed by atoms with Crippen LogP contribution in [-0.4, -0.2) is 13.1 Å². The fraction of sp³-hybridized carbons (Fsp3) is 0.333. The van der Waals surface area contributed by atoms with E-state index in [1.165, 1.54) is 11.1 Å². The highest BCUT2D eigenvalue weighted by Gasteiger charge is 2.19. The molecule has 3 N–H and O–H groups in total. The molecule has 0 spiro atoms. The average molecular weight is 268 g/mol. The lowest BCUT2D eigenvalue weighted by Gasteiger charge is -2.27. The van der Waals surface area contributed by atoms with Gasteiger partial charge >= 0.3 is 0 Å². The summed E-state index contributed by atoms with van der Waals surface area (Å²) >= 11 is 0. The van der Waals surface area contributed by atoms with Crippen LogP contribution in [0.5, 0.6) is 0 Å². The van der Waals surface area contributed by atoms with Gasteiger partial charge in [0.05, 0.1) is 0 Å². The third-order valence-corrected chi connectivity index (χ3v) is 4.06. The fourth-order valence-electron chi connectivity index (χ4n) is 2.07. The lowest BCUT2D eigenvalue weighted by atomic mass is 9.87. The van der Waals surface area contributed by atoms with E-state index < -0.39 is 0 Å². The van der Waals surface area contributed by atoms with Crippen LogP contribution in [0.2, 0.25) is 0 Å². The van der Waals surface area contributed by atoms with Gasteiger partial charge in [-0.05, 0) is 41.6 Å². The standard InChI is InChI=1S/C18H24N2/c1-3-18(2,13-19)14-20-17-11-9-16(10-12-17)15-7-5-4-6-8-15/h4-12,20H,3,13-14,19H2,1-2H3. The SMILES string of the molecule is CCC(C)(CN)CNc1ccc(-c2ccccc2)cc1. The van der Waals surface area contributed by atoms with Gasteiger partial charge in [0.2, 0.25) is 0 Å². The van der Waals surface area contributed by atoms with Crippen molar-refractivity contribution in [2.24, 2.45) is 11.1 Å². The molecule has 0 fully saturated rings. The maximum Gasteiger partial charge on any atom is 0.0340 e.